The highest BCUT2D eigenvalue weighted by Crippen LogP contribution is 2.38. The molecule has 174 valence electrons. The molecule has 0 aliphatic heterocycles. The number of hydrogen-bond acceptors (Lipinski definition) is 5. The van der Waals surface area contributed by atoms with Crippen molar-refractivity contribution in [1.29, 1.82) is 0 Å². The van der Waals surface area contributed by atoms with E-state index in [0.717, 1.165) is 17.2 Å². The molecule has 1 heterocycles. The number of carboxylic acids is 1. The lowest BCUT2D eigenvalue weighted by Gasteiger charge is -2.13. The van der Waals surface area contributed by atoms with Gasteiger partial charge in [0.15, 0.2) is 0 Å². The average Bonchev–Trinajstić information content (AvgIpc) is 3.31. The van der Waals surface area contributed by atoms with Crippen molar-refractivity contribution in [2.45, 2.75) is 32.7 Å². The number of rotatable bonds is 10. The SMILES string of the molecule is C/C(=N\OCc1ccc(-c2ccco2)c(C(F)(F)F)c1)c1ccc(CNCCC(=O)O)cc1. The van der Waals surface area contributed by atoms with Gasteiger partial charge < -0.3 is 19.7 Å². The molecule has 2 N–H and O–H groups in total. The van der Waals surface area contributed by atoms with Crippen molar-refractivity contribution in [1.82, 2.24) is 5.32 Å². The first-order chi connectivity index (χ1) is 15.7. The summed E-state index contributed by atoms with van der Waals surface area (Å²) in [6.45, 7) is 2.53. The fourth-order valence-electron chi connectivity index (χ4n) is 3.11. The van der Waals surface area contributed by atoms with Crippen LogP contribution in [-0.2, 0) is 29.0 Å². The molecule has 3 aromatic rings. The summed E-state index contributed by atoms with van der Waals surface area (Å²) < 4.78 is 45.7. The molecular formula is C24H23F3N2O4. The number of nitrogens with zero attached hydrogens (tertiary/aromatic N) is 1. The van der Waals surface area contributed by atoms with Gasteiger partial charge in [-0.15, -0.1) is 0 Å². The molecule has 33 heavy (non-hydrogen) atoms. The lowest BCUT2D eigenvalue weighted by molar-refractivity contribution is -0.138. The van der Waals surface area contributed by atoms with E-state index in [1.54, 1.807) is 13.0 Å². The van der Waals surface area contributed by atoms with Crippen LogP contribution in [0.5, 0.6) is 0 Å². The smallest absolute Gasteiger partial charge is 0.417 e. The molecule has 0 atom stereocenters. The minimum atomic E-state index is -4.54. The number of carboxylic acid groups (broad SMARTS) is 1. The maximum absolute atomic E-state index is 13.5. The van der Waals surface area contributed by atoms with Gasteiger partial charge in [-0.1, -0.05) is 41.6 Å². The Bertz CT molecular complexity index is 1090. The number of carbonyl (C=O) groups is 1. The molecule has 1 aromatic heterocycles. The van der Waals surface area contributed by atoms with Gasteiger partial charge in [0.2, 0.25) is 0 Å². The molecule has 0 fully saturated rings. The van der Waals surface area contributed by atoms with Crippen molar-refractivity contribution in [3.8, 4) is 11.3 Å². The van der Waals surface area contributed by atoms with Crippen LogP contribution in [0.2, 0.25) is 0 Å². The Balaban J connectivity index is 1.60. The van der Waals surface area contributed by atoms with Crippen molar-refractivity contribution >= 4 is 11.7 Å². The van der Waals surface area contributed by atoms with E-state index < -0.39 is 17.7 Å². The molecule has 0 aliphatic rings. The minimum absolute atomic E-state index is 0.0338. The van der Waals surface area contributed by atoms with Gasteiger partial charge in [0.1, 0.15) is 12.4 Å². The molecule has 0 bridgehead atoms. The number of hydrogen-bond donors (Lipinski definition) is 2. The van der Waals surface area contributed by atoms with E-state index in [9.17, 15) is 18.0 Å². The zero-order valence-corrected chi connectivity index (χ0v) is 17.9. The number of halogens is 3. The molecular weight excluding hydrogens is 437 g/mol. The zero-order chi connectivity index (χ0) is 23.8. The van der Waals surface area contributed by atoms with Gasteiger partial charge in [-0.2, -0.15) is 13.2 Å². The highest BCUT2D eigenvalue weighted by atomic mass is 19.4. The quantitative estimate of drug-likeness (QED) is 0.238. The van der Waals surface area contributed by atoms with Crippen molar-refractivity contribution in [3.63, 3.8) is 0 Å². The number of nitrogens with one attached hydrogen (secondary N) is 1. The van der Waals surface area contributed by atoms with Crippen molar-refractivity contribution in [2.75, 3.05) is 6.54 Å². The molecule has 0 saturated carbocycles. The number of aliphatic carboxylic acids is 1. The van der Waals surface area contributed by atoms with Gasteiger partial charge in [-0.3, -0.25) is 4.79 Å². The third-order valence-electron chi connectivity index (χ3n) is 4.83. The first-order valence-electron chi connectivity index (χ1n) is 10.2. The summed E-state index contributed by atoms with van der Waals surface area (Å²) in [6, 6.07) is 14.4. The third kappa shape index (κ3) is 6.95. The van der Waals surface area contributed by atoms with Crippen LogP contribution in [0.4, 0.5) is 13.2 Å². The predicted octanol–water partition coefficient (Wildman–Crippen LogP) is 5.47. The van der Waals surface area contributed by atoms with E-state index in [-0.39, 0.29) is 24.4 Å². The van der Waals surface area contributed by atoms with Crippen LogP contribution in [0.15, 0.2) is 70.4 Å². The third-order valence-corrected chi connectivity index (χ3v) is 4.83. The van der Waals surface area contributed by atoms with E-state index in [4.69, 9.17) is 14.4 Å². The Morgan fingerprint density at radius 1 is 1.12 bits per heavy atom. The highest BCUT2D eigenvalue weighted by Gasteiger charge is 2.34. The van der Waals surface area contributed by atoms with Crippen LogP contribution in [-0.4, -0.2) is 23.3 Å². The second kappa shape index (κ2) is 10.8. The Morgan fingerprint density at radius 2 is 1.85 bits per heavy atom. The monoisotopic (exact) mass is 460 g/mol. The fraction of sp³-hybridized carbons (Fsp3) is 0.250. The van der Waals surface area contributed by atoms with E-state index in [0.29, 0.717) is 24.4 Å². The van der Waals surface area contributed by atoms with E-state index >= 15 is 0 Å². The van der Waals surface area contributed by atoms with Gasteiger partial charge in [0.05, 0.1) is 24.0 Å². The van der Waals surface area contributed by atoms with Crippen LogP contribution in [0.3, 0.4) is 0 Å². The molecule has 2 aromatic carbocycles. The van der Waals surface area contributed by atoms with Gasteiger partial charge >= 0.3 is 12.1 Å². The lowest BCUT2D eigenvalue weighted by Crippen LogP contribution is -2.17. The standard InChI is InChI=1S/C24H23F3N2O4/c1-16(19-7-4-17(5-8-19)14-28-11-10-23(30)31)29-33-15-18-6-9-20(22-3-2-12-32-22)21(13-18)24(25,26)27/h2-9,12-13,28H,10-11,14-15H2,1H3,(H,30,31)/b29-16+. The maximum atomic E-state index is 13.5. The summed E-state index contributed by atoms with van der Waals surface area (Å²) in [6.07, 6.45) is -3.16. The molecule has 0 saturated heterocycles. The molecule has 0 aliphatic carbocycles. The number of alkyl halides is 3. The number of oxime groups is 1. The van der Waals surface area contributed by atoms with Crippen LogP contribution in [0.25, 0.3) is 11.3 Å². The molecule has 9 heteroatoms. The molecule has 0 radical (unpaired) electrons. The van der Waals surface area contributed by atoms with Gasteiger partial charge in [-0.25, -0.2) is 0 Å². The van der Waals surface area contributed by atoms with Crippen molar-refractivity contribution in [2.24, 2.45) is 5.16 Å². The summed E-state index contributed by atoms with van der Waals surface area (Å²) in [5.74, 6) is -0.711. The summed E-state index contributed by atoms with van der Waals surface area (Å²) in [5, 5.41) is 15.7. The lowest BCUT2D eigenvalue weighted by atomic mass is 10.0. The van der Waals surface area contributed by atoms with Crippen LogP contribution >= 0.6 is 0 Å². The highest BCUT2D eigenvalue weighted by molar-refractivity contribution is 5.98. The van der Waals surface area contributed by atoms with E-state index in [2.05, 4.69) is 10.5 Å². The summed E-state index contributed by atoms with van der Waals surface area (Å²) in [4.78, 5) is 15.8. The van der Waals surface area contributed by atoms with Gasteiger partial charge in [0.25, 0.3) is 0 Å². The topological polar surface area (TPSA) is 84.1 Å². The Labute approximate surface area is 188 Å². The van der Waals surface area contributed by atoms with Crippen molar-refractivity contribution < 1.29 is 32.3 Å². The minimum Gasteiger partial charge on any atom is -0.481 e. The van der Waals surface area contributed by atoms with Crippen molar-refractivity contribution in [3.05, 3.63) is 83.1 Å². The van der Waals surface area contributed by atoms with Crippen LogP contribution < -0.4 is 5.32 Å². The van der Waals surface area contributed by atoms with E-state index in [1.165, 1.54) is 24.5 Å². The second-order valence-corrected chi connectivity index (χ2v) is 7.32. The second-order valence-electron chi connectivity index (χ2n) is 7.32. The average molecular weight is 460 g/mol. The summed E-state index contributed by atoms with van der Waals surface area (Å²) >= 11 is 0. The number of furan rings is 1. The molecule has 3 rings (SSSR count). The van der Waals surface area contributed by atoms with E-state index in [1.807, 2.05) is 24.3 Å². The molecule has 6 nitrogen and oxygen atoms in total. The Hall–Kier alpha value is -3.59. The first-order valence-corrected chi connectivity index (χ1v) is 10.2. The molecule has 0 spiro atoms. The number of benzene rings is 2. The van der Waals surface area contributed by atoms with Crippen LogP contribution in [0, 0.1) is 0 Å². The largest absolute Gasteiger partial charge is 0.481 e. The maximum Gasteiger partial charge on any atom is 0.417 e. The first kappa shape index (κ1) is 24.1. The molecule has 0 amide bonds. The van der Waals surface area contributed by atoms with Gasteiger partial charge in [-0.05, 0) is 41.8 Å². The zero-order valence-electron chi connectivity index (χ0n) is 17.9. The summed E-state index contributed by atoms with van der Waals surface area (Å²) in [7, 11) is 0. The van der Waals surface area contributed by atoms with Crippen LogP contribution in [0.1, 0.15) is 35.6 Å². The molecule has 0 unspecified atom stereocenters. The Kier molecular flexibility index (Phi) is 7.89. The fourth-order valence-corrected chi connectivity index (χ4v) is 3.11. The van der Waals surface area contributed by atoms with Gasteiger partial charge in [0, 0.05) is 18.7 Å². The summed E-state index contributed by atoms with van der Waals surface area (Å²) in [5.41, 5.74) is 1.85. The normalized spacial score (nSPS) is 12.1. The Morgan fingerprint density at radius 3 is 2.48 bits per heavy atom. The predicted molar refractivity (Wildman–Crippen MR) is 117 cm³/mol.